The number of carbonyl (C=O) groups is 1. The summed E-state index contributed by atoms with van der Waals surface area (Å²) in [6, 6.07) is 1.62. The van der Waals surface area contributed by atoms with Crippen LogP contribution in [0.25, 0.3) is 10.2 Å². The SMILES string of the molecule is CCCc1nn(CCS(C)(=O)=O)c2sc(C(=O)O)cc12. The van der Waals surface area contributed by atoms with Gasteiger partial charge in [-0.3, -0.25) is 4.68 Å². The van der Waals surface area contributed by atoms with Gasteiger partial charge in [-0.25, -0.2) is 13.2 Å². The Kier molecular flexibility index (Phi) is 4.14. The second-order valence-corrected chi connectivity index (χ2v) is 7.97. The minimum atomic E-state index is -3.08. The molecule has 0 aromatic carbocycles. The van der Waals surface area contributed by atoms with E-state index >= 15 is 0 Å². The van der Waals surface area contributed by atoms with Crippen LogP contribution in [0.5, 0.6) is 0 Å². The summed E-state index contributed by atoms with van der Waals surface area (Å²) in [7, 11) is -3.08. The smallest absolute Gasteiger partial charge is 0.345 e. The summed E-state index contributed by atoms with van der Waals surface area (Å²) in [4.78, 5) is 12.0. The van der Waals surface area contributed by atoms with E-state index in [4.69, 9.17) is 5.11 Å². The molecule has 2 aromatic rings. The number of aryl methyl sites for hydroxylation is 2. The van der Waals surface area contributed by atoms with E-state index in [1.165, 1.54) is 6.26 Å². The minimum Gasteiger partial charge on any atom is -0.477 e. The quantitative estimate of drug-likeness (QED) is 0.877. The van der Waals surface area contributed by atoms with E-state index in [-0.39, 0.29) is 17.2 Å². The van der Waals surface area contributed by atoms with Crippen LogP contribution >= 0.6 is 11.3 Å². The van der Waals surface area contributed by atoms with Gasteiger partial charge in [0, 0.05) is 11.6 Å². The first kappa shape index (κ1) is 15.0. The lowest BCUT2D eigenvalue weighted by molar-refractivity contribution is 0.0702. The summed E-state index contributed by atoms with van der Waals surface area (Å²) >= 11 is 1.14. The van der Waals surface area contributed by atoms with Gasteiger partial charge in [-0.2, -0.15) is 5.10 Å². The van der Waals surface area contributed by atoms with Crippen molar-refractivity contribution in [1.82, 2.24) is 9.78 Å². The summed E-state index contributed by atoms with van der Waals surface area (Å²) in [6.07, 6.45) is 2.83. The van der Waals surface area contributed by atoms with Gasteiger partial charge in [0.25, 0.3) is 0 Å². The third-order valence-corrected chi connectivity index (χ3v) is 4.93. The van der Waals surface area contributed by atoms with Crippen LogP contribution in [0.3, 0.4) is 0 Å². The lowest BCUT2D eigenvalue weighted by atomic mass is 10.2. The van der Waals surface area contributed by atoms with Crippen molar-refractivity contribution in [1.29, 1.82) is 0 Å². The molecule has 0 fully saturated rings. The molecule has 0 saturated carbocycles. The normalized spacial score (nSPS) is 12.1. The first-order chi connectivity index (χ1) is 9.31. The fraction of sp³-hybridized carbons (Fsp3) is 0.500. The van der Waals surface area contributed by atoms with Crippen LogP contribution in [0, 0.1) is 0 Å². The number of hydrogen-bond acceptors (Lipinski definition) is 5. The molecule has 8 heteroatoms. The number of rotatable bonds is 6. The van der Waals surface area contributed by atoms with E-state index < -0.39 is 15.8 Å². The van der Waals surface area contributed by atoms with Crippen molar-refractivity contribution >= 4 is 37.4 Å². The highest BCUT2D eigenvalue weighted by Gasteiger charge is 2.17. The van der Waals surface area contributed by atoms with E-state index in [0.29, 0.717) is 0 Å². The molecule has 0 aliphatic carbocycles. The zero-order valence-corrected chi connectivity index (χ0v) is 12.9. The zero-order chi connectivity index (χ0) is 14.9. The topological polar surface area (TPSA) is 89.3 Å². The Morgan fingerprint density at radius 2 is 2.20 bits per heavy atom. The number of carboxylic acids is 1. The van der Waals surface area contributed by atoms with Gasteiger partial charge < -0.3 is 5.11 Å². The Labute approximate surface area is 120 Å². The van der Waals surface area contributed by atoms with Crippen LogP contribution in [-0.2, 0) is 22.8 Å². The van der Waals surface area contributed by atoms with Gasteiger partial charge in [0.2, 0.25) is 0 Å². The van der Waals surface area contributed by atoms with Crippen LogP contribution < -0.4 is 0 Å². The molecule has 20 heavy (non-hydrogen) atoms. The first-order valence-corrected chi connectivity index (χ1v) is 9.09. The Morgan fingerprint density at radius 3 is 2.75 bits per heavy atom. The molecular weight excluding hydrogens is 300 g/mol. The average molecular weight is 316 g/mol. The molecule has 6 nitrogen and oxygen atoms in total. The molecule has 2 aromatic heterocycles. The number of thiophene rings is 1. The molecule has 0 saturated heterocycles. The van der Waals surface area contributed by atoms with Crippen molar-refractivity contribution in [2.45, 2.75) is 26.3 Å². The Balaban J connectivity index is 2.45. The predicted octanol–water partition coefficient (Wildman–Crippen LogP) is 1.79. The van der Waals surface area contributed by atoms with Crippen molar-refractivity contribution in [3.63, 3.8) is 0 Å². The molecule has 0 unspecified atom stereocenters. The highest BCUT2D eigenvalue weighted by Crippen LogP contribution is 2.29. The van der Waals surface area contributed by atoms with Crippen LogP contribution in [0.2, 0.25) is 0 Å². The van der Waals surface area contributed by atoms with E-state index in [9.17, 15) is 13.2 Å². The molecule has 1 N–H and O–H groups in total. The number of aromatic nitrogens is 2. The molecule has 0 atom stereocenters. The van der Waals surface area contributed by atoms with Gasteiger partial charge in [-0.05, 0) is 12.5 Å². The maximum atomic E-state index is 11.3. The van der Waals surface area contributed by atoms with Gasteiger partial charge in [0.1, 0.15) is 19.5 Å². The van der Waals surface area contributed by atoms with E-state index in [1.54, 1.807) is 10.7 Å². The number of fused-ring (bicyclic) bond motifs is 1. The van der Waals surface area contributed by atoms with Crippen molar-refractivity contribution in [2.24, 2.45) is 0 Å². The predicted molar refractivity (Wildman–Crippen MR) is 78.3 cm³/mol. The summed E-state index contributed by atoms with van der Waals surface area (Å²) in [5.74, 6) is -0.973. The lowest BCUT2D eigenvalue weighted by Gasteiger charge is -2.00. The molecule has 0 spiro atoms. The first-order valence-electron chi connectivity index (χ1n) is 6.22. The fourth-order valence-corrected chi connectivity index (χ4v) is 3.46. The molecule has 0 aliphatic heterocycles. The third-order valence-electron chi connectivity index (χ3n) is 2.87. The van der Waals surface area contributed by atoms with Gasteiger partial charge in [0.05, 0.1) is 18.0 Å². The minimum absolute atomic E-state index is 0.00432. The number of aromatic carboxylic acids is 1. The summed E-state index contributed by atoms with van der Waals surface area (Å²) in [5, 5.41) is 14.3. The monoisotopic (exact) mass is 316 g/mol. The zero-order valence-electron chi connectivity index (χ0n) is 11.3. The molecule has 0 aliphatic rings. The fourth-order valence-electron chi connectivity index (χ4n) is 1.96. The van der Waals surface area contributed by atoms with Gasteiger partial charge >= 0.3 is 5.97 Å². The highest BCUT2D eigenvalue weighted by atomic mass is 32.2. The van der Waals surface area contributed by atoms with Crippen LogP contribution in [0.1, 0.15) is 28.7 Å². The Bertz CT molecular complexity index is 743. The maximum Gasteiger partial charge on any atom is 0.345 e. The van der Waals surface area contributed by atoms with Crippen LogP contribution in [-0.4, -0.2) is 41.3 Å². The molecule has 2 rings (SSSR count). The third kappa shape index (κ3) is 3.18. The Hall–Kier alpha value is -1.41. The van der Waals surface area contributed by atoms with Gasteiger partial charge in [0.15, 0.2) is 0 Å². The van der Waals surface area contributed by atoms with Crippen molar-refractivity contribution in [2.75, 3.05) is 12.0 Å². The number of nitrogens with zero attached hydrogens (tertiary/aromatic N) is 2. The standard InChI is InChI=1S/C12H16N2O4S2/c1-3-4-9-8-7-10(12(15)16)19-11(8)14(13-9)5-6-20(2,17)18/h7H,3-6H2,1-2H3,(H,15,16). The molecule has 2 heterocycles. The number of sulfone groups is 1. The number of carboxylic acid groups (broad SMARTS) is 1. The van der Waals surface area contributed by atoms with E-state index in [0.717, 1.165) is 40.1 Å². The van der Waals surface area contributed by atoms with Crippen molar-refractivity contribution < 1.29 is 18.3 Å². The molecular formula is C12H16N2O4S2. The van der Waals surface area contributed by atoms with E-state index in [1.807, 2.05) is 6.92 Å². The van der Waals surface area contributed by atoms with Crippen molar-refractivity contribution in [3.8, 4) is 0 Å². The van der Waals surface area contributed by atoms with Gasteiger partial charge in [-0.1, -0.05) is 13.3 Å². The second-order valence-electron chi connectivity index (χ2n) is 4.68. The van der Waals surface area contributed by atoms with Crippen molar-refractivity contribution in [3.05, 3.63) is 16.6 Å². The largest absolute Gasteiger partial charge is 0.477 e. The summed E-state index contributed by atoms with van der Waals surface area (Å²) in [6.45, 7) is 2.27. The van der Waals surface area contributed by atoms with Crippen LogP contribution in [0.4, 0.5) is 0 Å². The highest BCUT2D eigenvalue weighted by molar-refractivity contribution is 7.90. The molecule has 110 valence electrons. The molecule has 0 amide bonds. The van der Waals surface area contributed by atoms with E-state index in [2.05, 4.69) is 5.10 Å². The maximum absolute atomic E-state index is 11.3. The lowest BCUT2D eigenvalue weighted by Crippen LogP contribution is -2.12. The van der Waals surface area contributed by atoms with Gasteiger partial charge in [-0.15, -0.1) is 11.3 Å². The summed E-state index contributed by atoms with van der Waals surface area (Å²) in [5.41, 5.74) is 0.833. The molecule has 0 radical (unpaired) electrons. The van der Waals surface area contributed by atoms with Crippen LogP contribution in [0.15, 0.2) is 6.07 Å². The summed E-state index contributed by atoms with van der Waals surface area (Å²) < 4.78 is 24.1. The number of hydrogen-bond donors (Lipinski definition) is 1. The Morgan fingerprint density at radius 1 is 1.50 bits per heavy atom. The second kappa shape index (κ2) is 5.53. The average Bonchev–Trinajstić information content (AvgIpc) is 2.87. The molecule has 0 bridgehead atoms.